The topological polar surface area (TPSA) is 15.3 Å². The molecule has 1 unspecified atom stereocenters. The minimum Gasteiger partial charge on any atom is -0.315 e. The zero-order chi connectivity index (χ0) is 14.6. The third-order valence-corrected chi connectivity index (χ3v) is 5.12. The van der Waals surface area contributed by atoms with Crippen LogP contribution in [0.1, 0.15) is 38.7 Å². The summed E-state index contributed by atoms with van der Waals surface area (Å²) in [6.07, 6.45) is 5.00. The highest BCUT2D eigenvalue weighted by Gasteiger charge is 2.35. The normalized spacial score (nSPS) is 19.0. The molecule has 1 aromatic carbocycles. The van der Waals surface area contributed by atoms with E-state index in [-0.39, 0.29) is 5.54 Å². The first-order valence-electron chi connectivity index (χ1n) is 7.71. The Morgan fingerprint density at radius 1 is 1.20 bits per heavy atom. The van der Waals surface area contributed by atoms with Crippen LogP contribution in [-0.4, -0.2) is 36.6 Å². The van der Waals surface area contributed by atoms with Gasteiger partial charge in [0.25, 0.3) is 0 Å². The molecule has 0 aromatic heterocycles. The second-order valence-electron chi connectivity index (χ2n) is 6.34. The summed E-state index contributed by atoms with van der Waals surface area (Å²) < 4.78 is 0. The first kappa shape index (κ1) is 15.8. The van der Waals surface area contributed by atoms with E-state index in [1.54, 1.807) is 0 Å². The Labute approximate surface area is 128 Å². The molecule has 1 saturated heterocycles. The van der Waals surface area contributed by atoms with Crippen LogP contribution in [0, 0.1) is 0 Å². The van der Waals surface area contributed by atoms with Gasteiger partial charge in [0.2, 0.25) is 0 Å². The highest BCUT2D eigenvalue weighted by molar-refractivity contribution is 6.31. The third-order valence-electron chi connectivity index (χ3n) is 4.75. The molecule has 1 atom stereocenters. The molecule has 0 amide bonds. The van der Waals surface area contributed by atoms with E-state index in [9.17, 15) is 0 Å². The summed E-state index contributed by atoms with van der Waals surface area (Å²) in [5.41, 5.74) is 1.38. The fraction of sp³-hybridized carbons (Fsp3) is 0.647. The first-order valence-corrected chi connectivity index (χ1v) is 8.09. The first-order chi connectivity index (χ1) is 9.55. The van der Waals surface area contributed by atoms with Gasteiger partial charge in [0, 0.05) is 16.6 Å². The molecule has 1 aliphatic heterocycles. The maximum absolute atomic E-state index is 6.32. The van der Waals surface area contributed by atoms with Crippen molar-refractivity contribution in [1.29, 1.82) is 0 Å². The molecule has 112 valence electrons. The molecule has 1 heterocycles. The summed E-state index contributed by atoms with van der Waals surface area (Å²) in [7, 11) is 2.06. The molecule has 20 heavy (non-hydrogen) atoms. The monoisotopic (exact) mass is 294 g/mol. The lowest BCUT2D eigenvalue weighted by Gasteiger charge is -2.46. The number of nitrogens with zero attached hydrogens (tertiary/aromatic N) is 1. The van der Waals surface area contributed by atoms with E-state index in [0.717, 1.165) is 11.4 Å². The van der Waals surface area contributed by atoms with Crippen molar-refractivity contribution in [3.8, 4) is 0 Å². The van der Waals surface area contributed by atoms with E-state index < -0.39 is 0 Å². The second kappa shape index (κ2) is 6.93. The lowest BCUT2D eigenvalue weighted by Crippen LogP contribution is -2.59. The molecule has 1 fully saturated rings. The average Bonchev–Trinajstić information content (AvgIpc) is 2.47. The van der Waals surface area contributed by atoms with Crippen molar-refractivity contribution in [2.24, 2.45) is 0 Å². The van der Waals surface area contributed by atoms with Crippen molar-refractivity contribution in [3.05, 3.63) is 34.9 Å². The van der Waals surface area contributed by atoms with Gasteiger partial charge in [-0.1, -0.05) is 36.2 Å². The number of hydrogen-bond acceptors (Lipinski definition) is 2. The summed E-state index contributed by atoms with van der Waals surface area (Å²) >= 11 is 6.32. The predicted molar refractivity (Wildman–Crippen MR) is 87.5 cm³/mol. The van der Waals surface area contributed by atoms with Crippen LogP contribution in [0.3, 0.4) is 0 Å². The van der Waals surface area contributed by atoms with Gasteiger partial charge in [-0.3, -0.25) is 4.90 Å². The average molecular weight is 295 g/mol. The molecule has 3 heteroatoms. The lowest BCUT2D eigenvalue weighted by molar-refractivity contribution is 0.0635. The number of rotatable bonds is 5. The summed E-state index contributed by atoms with van der Waals surface area (Å²) in [5.74, 6) is 0. The Kier molecular flexibility index (Phi) is 5.48. The Morgan fingerprint density at radius 3 is 2.45 bits per heavy atom. The van der Waals surface area contributed by atoms with Crippen molar-refractivity contribution in [1.82, 2.24) is 10.2 Å². The van der Waals surface area contributed by atoms with Gasteiger partial charge in [-0.15, -0.1) is 0 Å². The Morgan fingerprint density at radius 2 is 1.85 bits per heavy atom. The van der Waals surface area contributed by atoms with Crippen LogP contribution in [-0.2, 0) is 6.42 Å². The standard InChI is InChI=1S/C17H27ClN2/c1-17(2,20-11-7-4-8-12-20)16(19-3)13-14-9-5-6-10-15(14)18/h5-6,9-10,16,19H,4,7-8,11-13H2,1-3H3. The maximum Gasteiger partial charge on any atom is 0.0438 e. The summed E-state index contributed by atoms with van der Waals surface area (Å²) in [6, 6.07) is 8.59. The second-order valence-corrected chi connectivity index (χ2v) is 6.75. The Balaban J connectivity index is 2.12. The van der Waals surface area contributed by atoms with E-state index in [0.29, 0.717) is 6.04 Å². The smallest absolute Gasteiger partial charge is 0.0438 e. The molecular weight excluding hydrogens is 268 g/mol. The van der Waals surface area contributed by atoms with Crippen molar-refractivity contribution < 1.29 is 0 Å². The summed E-state index contributed by atoms with van der Waals surface area (Å²) in [4.78, 5) is 2.63. The summed E-state index contributed by atoms with van der Waals surface area (Å²) in [5, 5.41) is 4.39. The fourth-order valence-electron chi connectivity index (χ4n) is 3.28. The van der Waals surface area contributed by atoms with E-state index in [1.807, 2.05) is 12.1 Å². The molecule has 1 aromatic rings. The van der Waals surface area contributed by atoms with E-state index in [2.05, 4.69) is 43.2 Å². The number of piperidine rings is 1. The van der Waals surface area contributed by atoms with Gasteiger partial charge in [-0.05, 0) is 64.9 Å². The van der Waals surface area contributed by atoms with Crippen LogP contribution in [0.5, 0.6) is 0 Å². The van der Waals surface area contributed by atoms with Crippen LogP contribution in [0.25, 0.3) is 0 Å². The lowest BCUT2D eigenvalue weighted by atomic mass is 9.86. The van der Waals surface area contributed by atoms with E-state index in [1.165, 1.54) is 37.9 Å². The SMILES string of the molecule is CNC(Cc1ccccc1Cl)C(C)(C)N1CCCCC1. The van der Waals surface area contributed by atoms with Crippen molar-refractivity contribution in [3.63, 3.8) is 0 Å². The van der Waals surface area contributed by atoms with Gasteiger partial charge in [-0.2, -0.15) is 0 Å². The Hall–Kier alpha value is -0.570. The number of nitrogens with one attached hydrogen (secondary N) is 1. The van der Waals surface area contributed by atoms with Crippen LogP contribution in [0.15, 0.2) is 24.3 Å². The molecule has 2 rings (SSSR count). The van der Waals surface area contributed by atoms with Gasteiger partial charge < -0.3 is 5.32 Å². The van der Waals surface area contributed by atoms with Crippen LogP contribution < -0.4 is 5.32 Å². The minimum absolute atomic E-state index is 0.147. The number of likely N-dealkylation sites (tertiary alicyclic amines) is 1. The number of benzene rings is 1. The molecule has 0 radical (unpaired) electrons. The molecule has 2 nitrogen and oxygen atoms in total. The van der Waals surface area contributed by atoms with Crippen molar-refractivity contribution in [2.45, 2.75) is 51.1 Å². The van der Waals surface area contributed by atoms with E-state index in [4.69, 9.17) is 11.6 Å². The van der Waals surface area contributed by atoms with Crippen LogP contribution in [0.4, 0.5) is 0 Å². The highest BCUT2D eigenvalue weighted by atomic mass is 35.5. The van der Waals surface area contributed by atoms with Gasteiger partial charge in [0.05, 0.1) is 0 Å². The molecule has 1 aliphatic rings. The number of halogens is 1. The summed E-state index contributed by atoms with van der Waals surface area (Å²) in [6.45, 7) is 7.15. The molecule has 0 saturated carbocycles. The molecule has 1 N–H and O–H groups in total. The van der Waals surface area contributed by atoms with Gasteiger partial charge in [0.1, 0.15) is 0 Å². The van der Waals surface area contributed by atoms with Crippen LogP contribution in [0.2, 0.25) is 5.02 Å². The van der Waals surface area contributed by atoms with Crippen molar-refractivity contribution in [2.75, 3.05) is 20.1 Å². The number of hydrogen-bond donors (Lipinski definition) is 1. The molecule has 0 bridgehead atoms. The van der Waals surface area contributed by atoms with Gasteiger partial charge >= 0.3 is 0 Å². The van der Waals surface area contributed by atoms with E-state index >= 15 is 0 Å². The molecular formula is C17H27ClN2. The molecule has 0 spiro atoms. The highest BCUT2D eigenvalue weighted by Crippen LogP contribution is 2.27. The predicted octanol–water partition coefficient (Wildman–Crippen LogP) is 3.74. The third kappa shape index (κ3) is 3.55. The number of likely N-dealkylation sites (N-methyl/N-ethyl adjacent to an activating group) is 1. The Bertz CT molecular complexity index is 425. The molecule has 0 aliphatic carbocycles. The van der Waals surface area contributed by atoms with Gasteiger partial charge in [0.15, 0.2) is 0 Å². The quantitative estimate of drug-likeness (QED) is 0.890. The van der Waals surface area contributed by atoms with Crippen molar-refractivity contribution >= 4 is 11.6 Å². The van der Waals surface area contributed by atoms with Gasteiger partial charge in [-0.25, -0.2) is 0 Å². The maximum atomic E-state index is 6.32. The van der Waals surface area contributed by atoms with Crippen LogP contribution >= 0.6 is 11.6 Å². The fourth-order valence-corrected chi connectivity index (χ4v) is 3.49. The zero-order valence-corrected chi connectivity index (χ0v) is 13.7. The largest absolute Gasteiger partial charge is 0.315 e. The zero-order valence-electron chi connectivity index (χ0n) is 13.0. The minimum atomic E-state index is 0.147.